The van der Waals surface area contributed by atoms with Gasteiger partial charge in [-0.2, -0.15) is 0 Å². The van der Waals surface area contributed by atoms with E-state index in [4.69, 9.17) is 4.74 Å². The van der Waals surface area contributed by atoms with Gasteiger partial charge in [-0.3, -0.25) is 19.7 Å². The lowest BCUT2D eigenvalue weighted by molar-refractivity contribution is -0.385. The van der Waals surface area contributed by atoms with E-state index in [1.165, 1.54) is 33.1 Å². The van der Waals surface area contributed by atoms with Crippen molar-refractivity contribution >= 4 is 23.5 Å². The van der Waals surface area contributed by atoms with Gasteiger partial charge < -0.3 is 20.1 Å². The fourth-order valence-corrected chi connectivity index (χ4v) is 2.08. The summed E-state index contributed by atoms with van der Waals surface area (Å²) in [6.07, 6.45) is 0. The van der Waals surface area contributed by atoms with Gasteiger partial charge in [0, 0.05) is 37.7 Å². The number of nitrogens with zero attached hydrogens (tertiary/aromatic N) is 2. The monoisotopic (exact) mass is 353 g/mol. The molecule has 2 amide bonds. The predicted molar refractivity (Wildman–Crippen MR) is 86.5 cm³/mol. The van der Waals surface area contributed by atoms with Crippen molar-refractivity contribution in [2.24, 2.45) is 0 Å². The van der Waals surface area contributed by atoms with E-state index >= 15 is 0 Å². The van der Waals surface area contributed by atoms with Gasteiger partial charge in [-0.25, -0.2) is 4.79 Å². The number of benzene rings is 1. The maximum absolute atomic E-state index is 12.6. The lowest BCUT2D eigenvalue weighted by Gasteiger charge is -2.26. The predicted octanol–water partition coefficient (Wildman–Crippen LogP) is 0.655. The number of ether oxygens (including phenoxy) is 1. The Bertz CT molecular complexity index is 690. The minimum Gasteiger partial charge on any atom is -0.490 e. The number of aliphatic carboxylic acids is 1. The van der Waals surface area contributed by atoms with Crippen molar-refractivity contribution in [3.8, 4) is 5.75 Å². The summed E-state index contributed by atoms with van der Waals surface area (Å²) in [6.45, 7) is 2.67. The van der Waals surface area contributed by atoms with E-state index in [0.717, 1.165) is 11.0 Å². The molecule has 0 spiro atoms. The number of hydrogen-bond donors (Lipinski definition) is 2. The van der Waals surface area contributed by atoms with Crippen LogP contribution in [-0.4, -0.2) is 59.0 Å². The van der Waals surface area contributed by atoms with Crippen LogP contribution in [0.4, 0.5) is 5.69 Å². The number of amides is 2. The molecule has 136 valence electrons. The highest BCUT2D eigenvalue weighted by Gasteiger charge is 2.27. The highest BCUT2D eigenvalue weighted by atomic mass is 16.6. The van der Waals surface area contributed by atoms with Crippen molar-refractivity contribution in [2.75, 3.05) is 20.2 Å². The summed E-state index contributed by atoms with van der Waals surface area (Å²) in [5.41, 5.74) is -0.270. The molecular formula is C15H19N3O7. The Balaban J connectivity index is 3.12. The Kier molecular flexibility index (Phi) is 6.85. The summed E-state index contributed by atoms with van der Waals surface area (Å²) in [5, 5.41) is 22.6. The number of carboxylic acids is 1. The molecule has 0 aromatic heterocycles. The lowest BCUT2D eigenvalue weighted by atomic mass is 10.1. The third-order valence-electron chi connectivity index (χ3n) is 3.44. The van der Waals surface area contributed by atoms with Crippen LogP contribution in [0.3, 0.4) is 0 Å². The molecule has 25 heavy (non-hydrogen) atoms. The van der Waals surface area contributed by atoms with Gasteiger partial charge in [-0.15, -0.1) is 0 Å². The zero-order chi connectivity index (χ0) is 19.1. The quantitative estimate of drug-likeness (QED) is 0.517. The molecule has 0 aliphatic rings. The Morgan fingerprint density at radius 2 is 2.04 bits per heavy atom. The van der Waals surface area contributed by atoms with Crippen LogP contribution < -0.4 is 10.1 Å². The number of nitro benzene ring substituents is 1. The van der Waals surface area contributed by atoms with Gasteiger partial charge >= 0.3 is 11.7 Å². The first-order valence-corrected chi connectivity index (χ1v) is 7.29. The van der Waals surface area contributed by atoms with Crippen LogP contribution in [0.25, 0.3) is 0 Å². The van der Waals surface area contributed by atoms with Gasteiger partial charge in [0.2, 0.25) is 5.91 Å². The van der Waals surface area contributed by atoms with Gasteiger partial charge in [-0.05, 0) is 13.0 Å². The summed E-state index contributed by atoms with van der Waals surface area (Å²) in [4.78, 5) is 46.1. The minimum atomic E-state index is -1.22. The Morgan fingerprint density at radius 3 is 2.52 bits per heavy atom. The highest BCUT2D eigenvalue weighted by Crippen LogP contribution is 2.28. The van der Waals surface area contributed by atoms with Gasteiger partial charge in [-0.1, -0.05) is 0 Å². The highest BCUT2D eigenvalue weighted by molar-refractivity contribution is 5.97. The van der Waals surface area contributed by atoms with E-state index in [1.54, 1.807) is 0 Å². The first-order chi connectivity index (χ1) is 11.7. The van der Waals surface area contributed by atoms with E-state index in [-0.39, 0.29) is 36.0 Å². The molecule has 1 aromatic rings. The molecule has 0 fully saturated rings. The number of hydrogen-bond acceptors (Lipinski definition) is 6. The van der Waals surface area contributed by atoms with E-state index in [2.05, 4.69) is 5.32 Å². The van der Waals surface area contributed by atoms with Crippen LogP contribution >= 0.6 is 0 Å². The number of carboxylic acid groups (broad SMARTS) is 1. The SMILES string of the molecule is COc1cc(C(=O)N(CCNC(C)=O)C(C)C(=O)O)ccc1[N+](=O)[O-]. The van der Waals surface area contributed by atoms with Gasteiger partial charge in [0.1, 0.15) is 6.04 Å². The first-order valence-electron chi connectivity index (χ1n) is 7.29. The second-order valence-corrected chi connectivity index (χ2v) is 5.14. The van der Waals surface area contributed by atoms with Crippen LogP contribution in [0.1, 0.15) is 24.2 Å². The molecule has 1 atom stereocenters. The Hall–Kier alpha value is -3.17. The van der Waals surface area contributed by atoms with E-state index < -0.39 is 22.8 Å². The largest absolute Gasteiger partial charge is 0.490 e. The normalized spacial score (nSPS) is 11.3. The average Bonchev–Trinajstić information content (AvgIpc) is 2.56. The van der Waals surface area contributed by atoms with Crippen molar-refractivity contribution in [3.63, 3.8) is 0 Å². The summed E-state index contributed by atoms with van der Waals surface area (Å²) >= 11 is 0. The fourth-order valence-electron chi connectivity index (χ4n) is 2.08. The molecule has 0 radical (unpaired) electrons. The second kappa shape index (κ2) is 8.62. The standard InChI is InChI=1S/C15H19N3O7/c1-9(15(21)22)17(7-6-16-10(2)19)14(20)11-4-5-12(18(23)24)13(8-11)25-3/h4-5,8-9H,6-7H2,1-3H3,(H,16,19)(H,21,22). The van der Waals surface area contributed by atoms with Crippen LogP contribution in [-0.2, 0) is 9.59 Å². The van der Waals surface area contributed by atoms with Crippen molar-refractivity contribution in [3.05, 3.63) is 33.9 Å². The Morgan fingerprint density at radius 1 is 1.40 bits per heavy atom. The molecule has 2 N–H and O–H groups in total. The summed E-state index contributed by atoms with van der Waals surface area (Å²) < 4.78 is 4.91. The molecule has 1 aromatic carbocycles. The summed E-state index contributed by atoms with van der Waals surface area (Å²) in [6, 6.07) is 2.37. The molecule has 1 unspecified atom stereocenters. The van der Waals surface area contributed by atoms with Crippen molar-refractivity contribution < 1.29 is 29.2 Å². The molecule has 0 bridgehead atoms. The van der Waals surface area contributed by atoms with Crippen LogP contribution in [0, 0.1) is 10.1 Å². The fraction of sp³-hybridized carbons (Fsp3) is 0.400. The molecule has 0 heterocycles. The van der Waals surface area contributed by atoms with Crippen LogP contribution in [0.15, 0.2) is 18.2 Å². The maximum atomic E-state index is 12.6. The molecule has 0 saturated carbocycles. The van der Waals surface area contributed by atoms with E-state index in [0.29, 0.717) is 0 Å². The number of rotatable bonds is 8. The zero-order valence-electron chi connectivity index (χ0n) is 14.0. The average molecular weight is 353 g/mol. The maximum Gasteiger partial charge on any atom is 0.326 e. The van der Waals surface area contributed by atoms with E-state index in [1.807, 2.05) is 0 Å². The van der Waals surface area contributed by atoms with Gasteiger partial charge in [0.25, 0.3) is 5.91 Å². The van der Waals surface area contributed by atoms with Gasteiger partial charge in [0.15, 0.2) is 5.75 Å². The topological polar surface area (TPSA) is 139 Å². The molecule has 0 aliphatic heterocycles. The minimum absolute atomic E-state index is 0.0365. The molecule has 0 aliphatic carbocycles. The van der Waals surface area contributed by atoms with Crippen molar-refractivity contribution in [2.45, 2.75) is 19.9 Å². The summed E-state index contributed by atoms with van der Waals surface area (Å²) in [5.74, 6) is -2.29. The number of carbonyl (C=O) groups excluding carboxylic acids is 2. The van der Waals surface area contributed by atoms with Crippen LogP contribution in [0.5, 0.6) is 5.75 Å². The lowest BCUT2D eigenvalue weighted by Crippen LogP contribution is -2.46. The number of methoxy groups -OCH3 is 1. The van der Waals surface area contributed by atoms with E-state index in [9.17, 15) is 29.6 Å². The zero-order valence-corrected chi connectivity index (χ0v) is 14.0. The second-order valence-electron chi connectivity index (χ2n) is 5.14. The third kappa shape index (κ3) is 5.16. The summed E-state index contributed by atoms with van der Waals surface area (Å²) in [7, 11) is 1.23. The molecule has 1 rings (SSSR count). The first kappa shape index (κ1) is 19.9. The third-order valence-corrected chi connectivity index (χ3v) is 3.44. The number of nitrogens with one attached hydrogen (secondary N) is 1. The Labute approximate surface area is 143 Å². The number of carbonyl (C=O) groups is 3. The molecular weight excluding hydrogens is 334 g/mol. The molecule has 10 nitrogen and oxygen atoms in total. The van der Waals surface area contributed by atoms with Crippen LogP contribution in [0.2, 0.25) is 0 Å². The number of nitro groups is 1. The molecule has 0 saturated heterocycles. The van der Waals surface area contributed by atoms with Gasteiger partial charge in [0.05, 0.1) is 12.0 Å². The van der Waals surface area contributed by atoms with Crippen molar-refractivity contribution in [1.29, 1.82) is 0 Å². The molecule has 10 heteroatoms. The van der Waals surface area contributed by atoms with Crippen molar-refractivity contribution in [1.82, 2.24) is 10.2 Å². The smallest absolute Gasteiger partial charge is 0.326 e.